The third kappa shape index (κ3) is 4.81. The molecule has 0 saturated carbocycles. The predicted octanol–water partition coefficient (Wildman–Crippen LogP) is 6.31. The molecular weight excluding hydrogens is 422 g/mol. The Balaban J connectivity index is 1.95. The number of anilines is 2. The summed E-state index contributed by atoms with van der Waals surface area (Å²) in [6.45, 7) is 9.51. The highest BCUT2D eigenvalue weighted by atomic mass is 35.5. The van der Waals surface area contributed by atoms with E-state index in [4.69, 9.17) is 16.3 Å². The minimum Gasteiger partial charge on any atom is -0.497 e. The number of carbonyl (C=O) groups excluding carboxylic acids is 1. The van der Waals surface area contributed by atoms with Crippen LogP contribution in [0.4, 0.5) is 11.4 Å². The summed E-state index contributed by atoms with van der Waals surface area (Å²) in [6, 6.07) is 12.8. The number of amides is 1. The standard InChI is InChI=1S/C26H28ClN3O2/c1-6-11-30-24-14-23(27)18(13-22(24)17(2)15-26(30,3)4)12-19(16-28)25(31)29-20-7-9-21(32-5)10-8-20/h7-10,12-15H,6,11H2,1-5H3,(H,29,31)/b19-12+. The van der Waals surface area contributed by atoms with Gasteiger partial charge in [0.25, 0.3) is 5.91 Å². The zero-order valence-electron chi connectivity index (χ0n) is 19.1. The first kappa shape index (κ1) is 23.4. The fraction of sp³-hybridized carbons (Fsp3) is 0.308. The number of nitrogens with one attached hydrogen (secondary N) is 1. The van der Waals surface area contributed by atoms with Gasteiger partial charge in [-0.05, 0) is 80.8 Å². The van der Waals surface area contributed by atoms with E-state index in [1.165, 1.54) is 0 Å². The first-order chi connectivity index (χ1) is 15.2. The Bertz CT molecular complexity index is 1120. The average Bonchev–Trinajstić information content (AvgIpc) is 2.75. The number of fused-ring (bicyclic) bond motifs is 1. The van der Waals surface area contributed by atoms with Gasteiger partial charge in [0.1, 0.15) is 17.4 Å². The minimum atomic E-state index is -0.493. The van der Waals surface area contributed by atoms with Crippen molar-refractivity contribution in [3.63, 3.8) is 0 Å². The normalized spacial score (nSPS) is 14.8. The lowest BCUT2D eigenvalue weighted by Gasteiger charge is -2.43. The van der Waals surface area contributed by atoms with Crippen molar-refractivity contribution in [2.24, 2.45) is 0 Å². The highest BCUT2D eigenvalue weighted by Gasteiger charge is 2.31. The van der Waals surface area contributed by atoms with E-state index in [1.54, 1.807) is 37.5 Å². The summed E-state index contributed by atoms with van der Waals surface area (Å²) in [5.41, 5.74) is 4.33. The lowest BCUT2D eigenvalue weighted by atomic mass is 9.87. The molecular formula is C26H28ClN3O2. The minimum absolute atomic E-state index is 0.0224. The van der Waals surface area contributed by atoms with E-state index >= 15 is 0 Å². The highest BCUT2D eigenvalue weighted by molar-refractivity contribution is 6.32. The molecule has 1 aliphatic rings. The summed E-state index contributed by atoms with van der Waals surface area (Å²) in [5.74, 6) is 0.191. The van der Waals surface area contributed by atoms with Gasteiger partial charge in [-0.2, -0.15) is 5.26 Å². The number of methoxy groups -OCH3 is 1. The smallest absolute Gasteiger partial charge is 0.266 e. The van der Waals surface area contributed by atoms with Crippen LogP contribution >= 0.6 is 11.6 Å². The zero-order chi connectivity index (χ0) is 23.5. The topological polar surface area (TPSA) is 65.4 Å². The summed E-state index contributed by atoms with van der Waals surface area (Å²) in [6.07, 6.45) is 4.80. The molecule has 2 aromatic carbocycles. The van der Waals surface area contributed by atoms with Gasteiger partial charge in [0.2, 0.25) is 0 Å². The third-order valence-corrected chi connectivity index (χ3v) is 5.88. The Labute approximate surface area is 194 Å². The van der Waals surface area contributed by atoms with Crippen LogP contribution in [0.5, 0.6) is 5.75 Å². The van der Waals surface area contributed by atoms with Gasteiger partial charge in [0.05, 0.1) is 12.6 Å². The zero-order valence-corrected chi connectivity index (χ0v) is 19.9. The number of nitrogens with zero attached hydrogens (tertiary/aromatic N) is 2. The lowest BCUT2D eigenvalue weighted by Crippen LogP contribution is -2.45. The highest BCUT2D eigenvalue weighted by Crippen LogP contribution is 2.41. The molecule has 1 heterocycles. The Morgan fingerprint density at radius 3 is 2.56 bits per heavy atom. The Morgan fingerprint density at radius 2 is 1.97 bits per heavy atom. The maximum absolute atomic E-state index is 12.7. The molecule has 6 heteroatoms. The van der Waals surface area contributed by atoms with E-state index in [0.29, 0.717) is 22.0 Å². The number of carbonyl (C=O) groups is 1. The van der Waals surface area contributed by atoms with E-state index < -0.39 is 5.91 Å². The fourth-order valence-electron chi connectivity index (χ4n) is 4.03. The number of allylic oxidation sites excluding steroid dienone is 1. The monoisotopic (exact) mass is 449 g/mol. The van der Waals surface area contributed by atoms with Gasteiger partial charge in [-0.1, -0.05) is 24.6 Å². The summed E-state index contributed by atoms with van der Waals surface area (Å²) >= 11 is 6.62. The fourth-order valence-corrected chi connectivity index (χ4v) is 4.25. The molecule has 0 aliphatic carbocycles. The number of rotatable bonds is 6. The maximum Gasteiger partial charge on any atom is 0.266 e. The van der Waals surface area contributed by atoms with Crippen LogP contribution in [-0.2, 0) is 4.79 Å². The van der Waals surface area contributed by atoms with Crippen molar-refractivity contribution in [3.8, 4) is 11.8 Å². The maximum atomic E-state index is 12.7. The third-order valence-electron chi connectivity index (χ3n) is 5.56. The van der Waals surface area contributed by atoms with Crippen LogP contribution in [0.25, 0.3) is 11.6 Å². The number of hydrogen-bond acceptors (Lipinski definition) is 4. The van der Waals surface area contributed by atoms with Gasteiger partial charge in [-0.3, -0.25) is 4.79 Å². The van der Waals surface area contributed by atoms with Crippen LogP contribution in [0.3, 0.4) is 0 Å². The van der Waals surface area contributed by atoms with Gasteiger partial charge >= 0.3 is 0 Å². The molecule has 0 aromatic heterocycles. The molecule has 0 radical (unpaired) electrons. The predicted molar refractivity (Wildman–Crippen MR) is 132 cm³/mol. The lowest BCUT2D eigenvalue weighted by molar-refractivity contribution is -0.112. The Morgan fingerprint density at radius 1 is 1.28 bits per heavy atom. The number of ether oxygens (including phenoxy) is 1. The van der Waals surface area contributed by atoms with E-state index in [0.717, 1.165) is 29.8 Å². The average molecular weight is 450 g/mol. The quantitative estimate of drug-likeness (QED) is 0.414. The van der Waals surface area contributed by atoms with Gasteiger partial charge < -0.3 is 15.0 Å². The van der Waals surface area contributed by atoms with Crippen LogP contribution in [0.15, 0.2) is 48.0 Å². The van der Waals surface area contributed by atoms with Crippen LogP contribution in [-0.4, -0.2) is 25.1 Å². The first-order valence-electron chi connectivity index (χ1n) is 10.6. The molecule has 0 saturated heterocycles. The van der Waals surface area contributed by atoms with E-state index in [9.17, 15) is 10.1 Å². The molecule has 166 valence electrons. The van der Waals surface area contributed by atoms with Crippen LogP contribution < -0.4 is 15.0 Å². The Hall–Kier alpha value is -3.23. The molecule has 1 N–H and O–H groups in total. The van der Waals surface area contributed by atoms with Crippen molar-refractivity contribution in [3.05, 3.63) is 64.2 Å². The summed E-state index contributed by atoms with van der Waals surface area (Å²) < 4.78 is 5.13. The molecule has 3 rings (SSSR count). The molecule has 0 fully saturated rings. The number of hydrogen-bond donors (Lipinski definition) is 1. The van der Waals surface area contributed by atoms with E-state index in [2.05, 4.69) is 44.0 Å². The molecule has 0 spiro atoms. The molecule has 2 aromatic rings. The molecule has 0 bridgehead atoms. The SMILES string of the molecule is CCCN1c2cc(Cl)c(/C=C(\C#N)C(=O)Nc3ccc(OC)cc3)cc2C(C)=CC1(C)C. The molecule has 0 unspecified atom stereocenters. The van der Waals surface area contributed by atoms with Crippen molar-refractivity contribution in [1.29, 1.82) is 5.26 Å². The second kappa shape index (κ2) is 9.50. The summed E-state index contributed by atoms with van der Waals surface area (Å²) in [7, 11) is 1.58. The largest absolute Gasteiger partial charge is 0.497 e. The first-order valence-corrected chi connectivity index (χ1v) is 11.0. The van der Waals surface area contributed by atoms with Crippen molar-refractivity contribution < 1.29 is 9.53 Å². The summed E-state index contributed by atoms with van der Waals surface area (Å²) in [5, 5.41) is 12.9. The number of halogens is 1. The molecule has 5 nitrogen and oxygen atoms in total. The number of benzene rings is 2. The second-order valence-electron chi connectivity index (χ2n) is 8.38. The van der Waals surface area contributed by atoms with Gasteiger partial charge in [0, 0.05) is 28.5 Å². The van der Waals surface area contributed by atoms with Crippen molar-refractivity contribution in [2.75, 3.05) is 23.9 Å². The van der Waals surface area contributed by atoms with Crippen molar-refractivity contribution in [2.45, 2.75) is 39.7 Å². The van der Waals surface area contributed by atoms with Crippen LogP contribution in [0, 0.1) is 11.3 Å². The van der Waals surface area contributed by atoms with Crippen molar-refractivity contribution >= 4 is 40.5 Å². The van der Waals surface area contributed by atoms with Gasteiger partial charge in [-0.15, -0.1) is 0 Å². The molecule has 32 heavy (non-hydrogen) atoms. The van der Waals surface area contributed by atoms with Crippen LogP contribution in [0.1, 0.15) is 45.2 Å². The van der Waals surface area contributed by atoms with Gasteiger partial charge in [-0.25, -0.2) is 0 Å². The van der Waals surface area contributed by atoms with Crippen LogP contribution in [0.2, 0.25) is 5.02 Å². The van der Waals surface area contributed by atoms with Crippen molar-refractivity contribution in [1.82, 2.24) is 0 Å². The molecule has 0 atom stereocenters. The Kier molecular flexibility index (Phi) is 6.96. The summed E-state index contributed by atoms with van der Waals surface area (Å²) in [4.78, 5) is 15.0. The number of nitriles is 1. The van der Waals surface area contributed by atoms with Gasteiger partial charge in [0.15, 0.2) is 0 Å². The van der Waals surface area contributed by atoms with E-state index in [1.807, 2.05) is 18.2 Å². The van der Waals surface area contributed by atoms with E-state index in [-0.39, 0.29) is 11.1 Å². The molecule has 1 aliphatic heterocycles. The second-order valence-corrected chi connectivity index (χ2v) is 8.78. The molecule has 1 amide bonds.